The van der Waals surface area contributed by atoms with Crippen LogP contribution < -0.4 is 0 Å². The Hall–Kier alpha value is 0.440. The van der Waals surface area contributed by atoms with Crippen LogP contribution in [0.5, 0.6) is 0 Å². The Kier molecular flexibility index (Phi) is 5.62. The van der Waals surface area contributed by atoms with E-state index < -0.39 is 0 Å². The van der Waals surface area contributed by atoms with Gasteiger partial charge in [0.25, 0.3) is 0 Å². The molecular weight excluding hydrogens is 250 g/mol. The summed E-state index contributed by atoms with van der Waals surface area (Å²) in [5.74, 6) is 0.851. The Labute approximate surface area is 104 Å². The first-order chi connectivity index (χ1) is 7.07. The molecule has 0 bridgehead atoms. The van der Waals surface area contributed by atoms with Crippen LogP contribution in [0.15, 0.2) is 0 Å². The molecule has 1 saturated heterocycles. The van der Waals surface area contributed by atoms with Gasteiger partial charge in [0, 0.05) is 18.4 Å². The molecule has 0 aromatic rings. The van der Waals surface area contributed by atoms with E-state index in [0.29, 0.717) is 5.41 Å². The fourth-order valence-corrected chi connectivity index (χ4v) is 3.22. The molecule has 0 aliphatic carbocycles. The summed E-state index contributed by atoms with van der Waals surface area (Å²) in [7, 11) is 0. The minimum Gasteiger partial charge on any atom is -0.303 e. The lowest BCUT2D eigenvalue weighted by Crippen LogP contribution is -2.42. The maximum absolute atomic E-state index is 3.65. The van der Waals surface area contributed by atoms with Crippen molar-refractivity contribution >= 4 is 15.9 Å². The van der Waals surface area contributed by atoms with Crippen molar-refractivity contribution in [2.75, 3.05) is 25.0 Å². The predicted octanol–water partition coefficient (Wildman–Crippen LogP) is 3.92. The molecule has 1 atom stereocenters. The van der Waals surface area contributed by atoms with Gasteiger partial charge in [-0.15, -0.1) is 0 Å². The van der Waals surface area contributed by atoms with Crippen molar-refractivity contribution < 1.29 is 0 Å². The summed E-state index contributed by atoms with van der Waals surface area (Å²) in [6, 6.07) is 0. The van der Waals surface area contributed by atoms with Crippen molar-refractivity contribution in [3.05, 3.63) is 0 Å². The van der Waals surface area contributed by atoms with Gasteiger partial charge in [-0.2, -0.15) is 0 Å². The molecule has 1 aliphatic heterocycles. The molecule has 0 aromatic carbocycles. The standard InChI is InChI=1S/C13H26BrN/c1-4-6-12(9-14)10-15-8-5-7-13(2,3)11-15/h12H,4-11H2,1-3H3. The molecule has 1 unspecified atom stereocenters. The molecule has 0 aromatic heterocycles. The maximum atomic E-state index is 3.65. The number of likely N-dealkylation sites (tertiary alicyclic amines) is 1. The van der Waals surface area contributed by atoms with Gasteiger partial charge in [0.15, 0.2) is 0 Å². The van der Waals surface area contributed by atoms with E-state index in [1.807, 2.05) is 0 Å². The zero-order valence-corrected chi connectivity index (χ0v) is 12.1. The SMILES string of the molecule is CCCC(CBr)CN1CCCC(C)(C)C1. The fourth-order valence-electron chi connectivity index (χ4n) is 2.69. The van der Waals surface area contributed by atoms with Crippen molar-refractivity contribution in [1.29, 1.82) is 0 Å². The Bertz CT molecular complexity index is 179. The van der Waals surface area contributed by atoms with Gasteiger partial charge in [-0.3, -0.25) is 0 Å². The Morgan fingerprint density at radius 2 is 2.13 bits per heavy atom. The number of rotatable bonds is 5. The van der Waals surface area contributed by atoms with Gasteiger partial charge < -0.3 is 4.90 Å². The number of alkyl halides is 1. The molecule has 0 N–H and O–H groups in total. The first-order valence-electron chi connectivity index (χ1n) is 6.35. The summed E-state index contributed by atoms with van der Waals surface area (Å²) < 4.78 is 0. The van der Waals surface area contributed by atoms with E-state index in [4.69, 9.17) is 0 Å². The highest BCUT2D eigenvalue weighted by Crippen LogP contribution is 2.29. The lowest BCUT2D eigenvalue weighted by molar-refractivity contribution is 0.104. The quantitative estimate of drug-likeness (QED) is 0.688. The Morgan fingerprint density at radius 1 is 1.40 bits per heavy atom. The molecule has 0 amide bonds. The number of hydrogen-bond donors (Lipinski definition) is 0. The molecule has 0 spiro atoms. The average Bonchev–Trinajstić information content (AvgIpc) is 2.15. The molecule has 1 nitrogen and oxygen atoms in total. The minimum atomic E-state index is 0.543. The Balaban J connectivity index is 2.36. The molecule has 1 rings (SSSR count). The molecule has 1 fully saturated rings. The third kappa shape index (κ3) is 4.86. The van der Waals surface area contributed by atoms with Gasteiger partial charge in [-0.05, 0) is 37.1 Å². The van der Waals surface area contributed by atoms with Crippen molar-refractivity contribution in [2.24, 2.45) is 11.3 Å². The van der Waals surface area contributed by atoms with E-state index in [1.54, 1.807) is 0 Å². The largest absolute Gasteiger partial charge is 0.303 e. The first kappa shape index (κ1) is 13.5. The van der Waals surface area contributed by atoms with E-state index in [2.05, 4.69) is 41.6 Å². The lowest BCUT2D eigenvalue weighted by Gasteiger charge is -2.39. The maximum Gasteiger partial charge on any atom is 0.00718 e. The monoisotopic (exact) mass is 275 g/mol. The highest BCUT2D eigenvalue weighted by atomic mass is 79.9. The topological polar surface area (TPSA) is 3.24 Å². The third-order valence-electron chi connectivity index (χ3n) is 3.41. The van der Waals surface area contributed by atoms with Gasteiger partial charge in [-0.25, -0.2) is 0 Å². The molecule has 90 valence electrons. The van der Waals surface area contributed by atoms with Crippen LogP contribution in [0.2, 0.25) is 0 Å². The van der Waals surface area contributed by atoms with Crippen LogP contribution in [0, 0.1) is 11.3 Å². The van der Waals surface area contributed by atoms with E-state index in [0.717, 1.165) is 11.2 Å². The van der Waals surface area contributed by atoms with Crippen LogP contribution in [0.3, 0.4) is 0 Å². The molecule has 0 radical (unpaired) electrons. The van der Waals surface area contributed by atoms with Crippen LogP contribution >= 0.6 is 15.9 Å². The van der Waals surface area contributed by atoms with E-state index in [9.17, 15) is 0 Å². The number of nitrogens with zero attached hydrogens (tertiary/aromatic N) is 1. The summed E-state index contributed by atoms with van der Waals surface area (Å²) in [6.45, 7) is 11.0. The lowest BCUT2D eigenvalue weighted by atomic mass is 9.84. The van der Waals surface area contributed by atoms with Crippen LogP contribution in [-0.4, -0.2) is 29.9 Å². The second kappa shape index (κ2) is 6.24. The predicted molar refractivity (Wildman–Crippen MR) is 71.6 cm³/mol. The number of piperidine rings is 1. The number of halogens is 1. The second-order valence-electron chi connectivity index (χ2n) is 5.81. The zero-order valence-electron chi connectivity index (χ0n) is 10.6. The first-order valence-corrected chi connectivity index (χ1v) is 7.48. The summed E-state index contributed by atoms with van der Waals surface area (Å²) in [5, 5.41) is 1.16. The number of hydrogen-bond acceptors (Lipinski definition) is 1. The highest BCUT2D eigenvalue weighted by Gasteiger charge is 2.27. The van der Waals surface area contributed by atoms with E-state index in [-0.39, 0.29) is 0 Å². The molecule has 1 heterocycles. The molecule has 2 heteroatoms. The summed E-state index contributed by atoms with van der Waals surface area (Å²) in [5.41, 5.74) is 0.543. The molecule has 0 saturated carbocycles. The highest BCUT2D eigenvalue weighted by molar-refractivity contribution is 9.09. The molecule has 1 aliphatic rings. The van der Waals surface area contributed by atoms with E-state index in [1.165, 1.54) is 45.3 Å². The van der Waals surface area contributed by atoms with Gasteiger partial charge in [0.1, 0.15) is 0 Å². The smallest absolute Gasteiger partial charge is 0.00718 e. The van der Waals surface area contributed by atoms with Crippen LogP contribution in [0.25, 0.3) is 0 Å². The van der Waals surface area contributed by atoms with Gasteiger partial charge >= 0.3 is 0 Å². The second-order valence-corrected chi connectivity index (χ2v) is 6.46. The molecular formula is C13H26BrN. The van der Waals surface area contributed by atoms with Crippen molar-refractivity contribution in [3.63, 3.8) is 0 Å². The van der Waals surface area contributed by atoms with Gasteiger partial charge in [0.2, 0.25) is 0 Å². The van der Waals surface area contributed by atoms with Crippen LogP contribution in [0.1, 0.15) is 46.5 Å². The molecule has 15 heavy (non-hydrogen) atoms. The summed E-state index contributed by atoms with van der Waals surface area (Å²) >= 11 is 3.65. The van der Waals surface area contributed by atoms with Crippen molar-refractivity contribution in [3.8, 4) is 0 Å². The van der Waals surface area contributed by atoms with Crippen LogP contribution in [0.4, 0.5) is 0 Å². The van der Waals surface area contributed by atoms with Gasteiger partial charge in [-0.1, -0.05) is 43.1 Å². The van der Waals surface area contributed by atoms with Gasteiger partial charge in [0.05, 0.1) is 0 Å². The van der Waals surface area contributed by atoms with Crippen LogP contribution in [-0.2, 0) is 0 Å². The van der Waals surface area contributed by atoms with Crippen molar-refractivity contribution in [1.82, 2.24) is 4.90 Å². The summed E-state index contributed by atoms with van der Waals surface area (Å²) in [6.07, 6.45) is 5.46. The van der Waals surface area contributed by atoms with E-state index >= 15 is 0 Å². The average molecular weight is 276 g/mol. The summed E-state index contributed by atoms with van der Waals surface area (Å²) in [4.78, 5) is 2.67. The third-order valence-corrected chi connectivity index (χ3v) is 4.33. The van der Waals surface area contributed by atoms with Crippen molar-refractivity contribution in [2.45, 2.75) is 46.5 Å². The zero-order chi connectivity index (χ0) is 11.3. The fraction of sp³-hybridized carbons (Fsp3) is 1.00. The Morgan fingerprint density at radius 3 is 2.67 bits per heavy atom. The normalized spacial score (nSPS) is 24.0. The minimum absolute atomic E-state index is 0.543.